The van der Waals surface area contributed by atoms with Gasteiger partial charge < -0.3 is 5.11 Å². The molecular formula is C12H14O4S. The summed E-state index contributed by atoms with van der Waals surface area (Å²) in [5.74, 6) is -0.320. The van der Waals surface area contributed by atoms with Crippen molar-refractivity contribution in [1.29, 1.82) is 0 Å². The lowest BCUT2D eigenvalue weighted by Gasteiger charge is -2.08. The Labute approximate surface area is 100 Å². The van der Waals surface area contributed by atoms with E-state index in [-0.39, 0.29) is 23.8 Å². The van der Waals surface area contributed by atoms with Crippen molar-refractivity contribution in [2.75, 3.05) is 11.5 Å². The Kier molecular flexibility index (Phi) is 3.19. The molecule has 5 heteroatoms. The van der Waals surface area contributed by atoms with Crippen molar-refractivity contribution in [3.8, 4) is 0 Å². The highest BCUT2D eigenvalue weighted by atomic mass is 32.2. The maximum absolute atomic E-state index is 11.3. The summed E-state index contributed by atoms with van der Waals surface area (Å²) in [5, 5.41) is 8.64. The number of hydrogen-bond donors (Lipinski definition) is 1. The molecule has 17 heavy (non-hydrogen) atoms. The highest BCUT2D eigenvalue weighted by molar-refractivity contribution is 7.91. The molecule has 0 spiro atoms. The second kappa shape index (κ2) is 4.49. The van der Waals surface area contributed by atoms with E-state index >= 15 is 0 Å². The van der Waals surface area contributed by atoms with Crippen molar-refractivity contribution in [1.82, 2.24) is 0 Å². The van der Waals surface area contributed by atoms with E-state index in [0.717, 1.165) is 11.1 Å². The molecule has 0 amide bonds. The van der Waals surface area contributed by atoms with E-state index in [9.17, 15) is 13.2 Å². The number of carboxylic acids is 1. The molecule has 1 aromatic carbocycles. The molecule has 0 saturated carbocycles. The van der Waals surface area contributed by atoms with Gasteiger partial charge in [-0.05, 0) is 23.5 Å². The summed E-state index contributed by atoms with van der Waals surface area (Å²) in [7, 11) is -2.87. The Morgan fingerprint density at radius 3 is 2.41 bits per heavy atom. The van der Waals surface area contributed by atoms with Gasteiger partial charge in [0, 0.05) is 0 Å². The third kappa shape index (κ3) is 3.06. The average molecular weight is 254 g/mol. The standard InChI is InChI=1S/C12H14O4S/c13-12(14)7-9-1-3-10(4-2-9)11-5-6-17(15,16)8-11/h1-4,11H,5-8H2,(H,13,14)/t11-/m1/s1. The van der Waals surface area contributed by atoms with Gasteiger partial charge in [0.05, 0.1) is 17.9 Å². The van der Waals surface area contributed by atoms with Crippen molar-refractivity contribution in [2.24, 2.45) is 0 Å². The molecule has 1 aromatic rings. The van der Waals surface area contributed by atoms with Gasteiger partial charge in [-0.1, -0.05) is 24.3 Å². The zero-order valence-corrected chi connectivity index (χ0v) is 10.1. The summed E-state index contributed by atoms with van der Waals surface area (Å²) in [6.07, 6.45) is 0.670. The van der Waals surface area contributed by atoms with Gasteiger partial charge in [0.15, 0.2) is 9.84 Å². The van der Waals surface area contributed by atoms with Gasteiger partial charge in [0.1, 0.15) is 0 Å². The highest BCUT2D eigenvalue weighted by Crippen LogP contribution is 2.28. The number of rotatable bonds is 3. The van der Waals surface area contributed by atoms with Crippen LogP contribution in [0.15, 0.2) is 24.3 Å². The summed E-state index contributed by atoms with van der Waals surface area (Å²) in [4.78, 5) is 10.5. The molecular weight excluding hydrogens is 240 g/mol. The number of carboxylic acid groups (broad SMARTS) is 1. The molecule has 1 aliphatic heterocycles. The predicted molar refractivity (Wildman–Crippen MR) is 63.8 cm³/mol. The Morgan fingerprint density at radius 1 is 1.29 bits per heavy atom. The van der Waals surface area contributed by atoms with Gasteiger partial charge in [-0.2, -0.15) is 0 Å². The van der Waals surface area contributed by atoms with Gasteiger partial charge in [0.25, 0.3) is 0 Å². The molecule has 1 aliphatic rings. The normalized spacial score (nSPS) is 22.5. The first kappa shape index (κ1) is 12.1. The number of hydrogen-bond acceptors (Lipinski definition) is 3. The van der Waals surface area contributed by atoms with Crippen LogP contribution in [0, 0.1) is 0 Å². The molecule has 4 nitrogen and oxygen atoms in total. The maximum atomic E-state index is 11.3. The van der Waals surface area contributed by atoms with Gasteiger partial charge in [0.2, 0.25) is 0 Å². The Bertz CT molecular complexity index is 516. The minimum Gasteiger partial charge on any atom is -0.481 e. The van der Waals surface area contributed by atoms with Crippen LogP contribution in [0.3, 0.4) is 0 Å². The molecule has 1 N–H and O–H groups in total. The zero-order valence-electron chi connectivity index (χ0n) is 9.30. The van der Waals surface area contributed by atoms with E-state index in [2.05, 4.69) is 0 Å². The van der Waals surface area contributed by atoms with Crippen molar-refractivity contribution in [3.63, 3.8) is 0 Å². The van der Waals surface area contributed by atoms with Crippen LogP contribution in [0.25, 0.3) is 0 Å². The molecule has 1 atom stereocenters. The summed E-state index contributed by atoms with van der Waals surface area (Å²) < 4.78 is 22.7. The summed E-state index contributed by atoms with van der Waals surface area (Å²) in [6, 6.07) is 7.19. The van der Waals surface area contributed by atoms with E-state index in [1.165, 1.54) is 0 Å². The molecule has 0 unspecified atom stereocenters. The van der Waals surface area contributed by atoms with Crippen molar-refractivity contribution < 1.29 is 18.3 Å². The Morgan fingerprint density at radius 2 is 1.94 bits per heavy atom. The van der Waals surface area contributed by atoms with Crippen molar-refractivity contribution in [3.05, 3.63) is 35.4 Å². The maximum Gasteiger partial charge on any atom is 0.307 e. The smallest absolute Gasteiger partial charge is 0.307 e. The van der Waals surface area contributed by atoms with Gasteiger partial charge >= 0.3 is 5.97 Å². The Balaban J connectivity index is 2.11. The molecule has 0 aromatic heterocycles. The second-order valence-electron chi connectivity index (χ2n) is 4.41. The zero-order chi connectivity index (χ0) is 12.5. The number of aliphatic carboxylic acids is 1. The lowest BCUT2D eigenvalue weighted by molar-refractivity contribution is -0.136. The van der Waals surface area contributed by atoms with E-state index in [1.54, 1.807) is 12.1 Å². The number of sulfone groups is 1. The summed E-state index contributed by atoms with van der Waals surface area (Å²) in [6.45, 7) is 0. The third-order valence-electron chi connectivity index (χ3n) is 3.04. The number of benzene rings is 1. The monoisotopic (exact) mass is 254 g/mol. The fourth-order valence-corrected chi connectivity index (χ4v) is 3.92. The molecule has 92 valence electrons. The van der Waals surface area contributed by atoms with Crippen molar-refractivity contribution in [2.45, 2.75) is 18.8 Å². The first-order chi connectivity index (χ1) is 7.96. The van der Waals surface area contributed by atoms with Crippen LogP contribution < -0.4 is 0 Å². The second-order valence-corrected chi connectivity index (χ2v) is 6.64. The molecule has 2 rings (SSSR count). The topological polar surface area (TPSA) is 71.4 Å². The average Bonchev–Trinajstić information content (AvgIpc) is 2.59. The fraction of sp³-hybridized carbons (Fsp3) is 0.417. The van der Waals surface area contributed by atoms with Gasteiger partial charge in [-0.25, -0.2) is 8.42 Å². The summed E-state index contributed by atoms with van der Waals surface area (Å²) in [5.41, 5.74) is 1.72. The van der Waals surface area contributed by atoms with E-state index in [1.807, 2.05) is 12.1 Å². The minimum absolute atomic E-state index is 0.00322. The molecule has 1 saturated heterocycles. The van der Waals surface area contributed by atoms with Crippen LogP contribution in [-0.2, 0) is 21.1 Å². The van der Waals surface area contributed by atoms with Crippen LogP contribution in [-0.4, -0.2) is 31.0 Å². The SMILES string of the molecule is O=C(O)Cc1ccc([C@@H]2CCS(=O)(=O)C2)cc1. The van der Waals surface area contributed by atoms with Gasteiger partial charge in [-0.3, -0.25) is 4.79 Å². The quantitative estimate of drug-likeness (QED) is 0.880. The summed E-state index contributed by atoms with van der Waals surface area (Å²) >= 11 is 0. The molecule has 0 bridgehead atoms. The first-order valence-electron chi connectivity index (χ1n) is 5.47. The van der Waals surface area contributed by atoms with Gasteiger partial charge in [-0.15, -0.1) is 0 Å². The largest absolute Gasteiger partial charge is 0.481 e. The minimum atomic E-state index is -2.87. The predicted octanol–water partition coefficient (Wildman–Crippen LogP) is 1.22. The van der Waals surface area contributed by atoms with Crippen LogP contribution >= 0.6 is 0 Å². The number of carbonyl (C=O) groups is 1. The van der Waals surface area contributed by atoms with Crippen LogP contribution in [0.5, 0.6) is 0 Å². The van der Waals surface area contributed by atoms with E-state index in [0.29, 0.717) is 6.42 Å². The van der Waals surface area contributed by atoms with E-state index < -0.39 is 15.8 Å². The van der Waals surface area contributed by atoms with Crippen LogP contribution in [0.2, 0.25) is 0 Å². The third-order valence-corrected chi connectivity index (χ3v) is 4.81. The molecule has 1 heterocycles. The lowest BCUT2D eigenvalue weighted by Crippen LogP contribution is -2.04. The molecule has 1 fully saturated rings. The molecule has 0 radical (unpaired) electrons. The fourth-order valence-electron chi connectivity index (χ4n) is 2.14. The highest BCUT2D eigenvalue weighted by Gasteiger charge is 2.28. The Hall–Kier alpha value is -1.36. The van der Waals surface area contributed by atoms with Crippen LogP contribution in [0.4, 0.5) is 0 Å². The van der Waals surface area contributed by atoms with Crippen molar-refractivity contribution >= 4 is 15.8 Å². The van der Waals surface area contributed by atoms with E-state index in [4.69, 9.17) is 5.11 Å². The van der Waals surface area contributed by atoms with Crippen LogP contribution in [0.1, 0.15) is 23.5 Å². The lowest BCUT2D eigenvalue weighted by atomic mass is 9.97. The molecule has 0 aliphatic carbocycles. The first-order valence-corrected chi connectivity index (χ1v) is 7.29.